The first-order valence-electron chi connectivity index (χ1n) is 6.20. The van der Waals surface area contributed by atoms with E-state index in [1.807, 2.05) is 0 Å². The summed E-state index contributed by atoms with van der Waals surface area (Å²) in [6.07, 6.45) is 3.35. The molecule has 0 saturated heterocycles. The van der Waals surface area contributed by atoms with Crippen LogP contribution in [0.2, 0.25) is 5.15 Å². The van der Waals surface area contributed by atoms with E-state index in [2.05, 4.69) is 10.4 Å². The number of carbonyl (C=O) groups is 2. The Morgan fingerprint density at radius 2 is 2.20 bits per heavy atom. The molecule has 0 spiro atoms. The Labute approximate surface area is 122 Å². The molecule has 0 aliphatic rings. The Balaban J connectivity index is 2.50. The number of aromatic nitrogens is 2. The van der Waals surface area contributed by atoms with Crippen LogP contribution in [0.3, 0.4) is 0 Å². The van der Waals surface area contributed by atoms with E-state index in [1.54, 1.807) is 27.0 Å². The van der Waals surface area contributed by atoms with Crippen molar-refractivity contribution in [3.8, 4) is 0 Å². The largest absolute Gasteiger partial charge is 0.481 e. The van der Waals surface area contributed by atoms with Gasteiger partial charge in [0.2, 0.25) is 5.91 Å². The first kappa shape index (κ1) is 16.2. The minimum Gasteiger partial charge on any atom is -0.481 e. The first-order valence-corrected chi connectivity index (χ1v) is 6.58. The van der Waals surface area contributed by atoms with Crippen LogP contribution in [0.4, 0.5) is 0 Å². The number of nitrogens with zero attached hydrogens (tertiary/aromatic N) is 2. The summed E-state index contributed by atoms with van der Waals surface area (Å²) >= 11 is 6.03. The number of carboxylic acids is 1. The molecule has 0 saturated carbocycles. The lowest BCUT2D eigenvalue weighted by Gasteiger charge is -2.05. The van der Waals surface area contributed by atoms with E-state index in [1.165, 1.54) is 10.8 Å². The van der Waals surface area contributed by atoms with Crippen molar-refractivity contribution in [2.45, 2.75) is 20.3 Å². The lowest BCUT2D eigenvalue weighted by Crippen LogP contribution is -2.25. The third-order valence-electron chi connectivity index (χ3n) is 2.90. The molecule has 0 aliphatic carbocycles. The minimum absolute atomic E-state index is 0.290. The topological polar surface area (TPSA) is 84.2 Å². The Morgan fingerprint density at radius 3 is 2.70 bits per heavy atom. The highest BCUT2D eigenvalue weighted by atomic mass is 35.5. The number of carbonyl (C=O) groups excluding carboxylic acids is 1. The summed E-state index contributed by atoms with van der Waals surface area (Å²) in [5, 5.41) is 15.9. The van der Waals surface area contributed by atoms with Crippen molar-refractivity contribution >= 4 is 29.6 Å². The third kappa shape index (κ3) is 4.38. The number of aryl methyl sites for hydroxylation is 2. The van der Waals surface area contributed by atoms with Gasteiger partial charge < -0.3 is 10.4 Å². The van der Waals surface area contributed by atoms with Crippen LogP contribution in [-0.4, -0.2) is 33.3 Å². The number of hydrogen-bond donors (Lipinski definition) is 2. The van der Waals surface area contributed by atoms with Gasteiger partial charge in [-0.15, -0.1) is 0 Å². The number of nitrogens with one attached hydrogen (secondary N) is 1. The summed E-state index contributed by atoms with van der Waals surface area (Å²) in [4.78, 5) is 22.2. The zero-order valence-electron chi connectivity index (χ0n) is 11.7. The van der Waals surface area contributed by atoms with Gasteiger partial charge in [0.15, 0.2) is 0 Å². The van der Waals surface area contributed by atoms with Crippen LogP contribution < -0.4 is 5.32 Å². The van der Waals surface area contributed by atoms with Gasteiger partial charge in [0, 0.05) is 25.2 Å². The third-order valence-corrected chi connectivity index (χ3v) is 3.34. The van der Waals surface area contributed by atoms with Crippen LogP contribution in [0.15, 0.2) is 6.08 Å². The van der Waals surface area contributed by atoms with E-state index in [4.69, 9.17) is 16.7 Å². The molecule has 6 nitrogen and oxygen atoms in total. The summed E-state index contributed by atoms with van der Waals surface area (Å²) in [6.45, 7) is 3.72. The van der Waals surface area contributed by atoms with Crippen molar-refractivity contribution < 1.29 is 14.7 Å². The van der Waals surface area contributed by atoms with Crippen LogP contribution in [0.5, 0.6) is 0 Å². The van der Waals surface area contributed by atoms with Gasteiger partial charge in [-0.2, -0.15) is 5.10 Å². The predicted molar refractivity (Wildman–Crippen MR) is 76.4 cm³/mol. The second-order valence-corrected chi connectivity index (χ2v) is 4.92. The van der Waals surface area contributed by atoms with E-state index in [-0.39, 0.29) is 5.91 Å². The molecule has 0 radical (unpaired) electrons. The lowest BCUT2D eigenvalue weighted by molar-refractivity contribution is -0.141. The molecule has 110 valence electrons. The second-order valence-electron chi connectivity index (χ2n) is 4.57. The SMILES string of the molecule is Cc1nn(C)c(Cl)c1/C=C/C(=O)NCCC(C)C(=O)O. The number of amides is 1. The van der Waals surface area contributed by atoms with Crippen LogP contribution in [-0.2, 0) is 16.6 Å². The zero-order valence-corrected chi connectivity index (χ0v) is 12.4. The van der Waals surface area contributed by atoms with Crippen LogP contribution in [0, 0.1) is 12.8 Å². The fourth-order valence-corrected chi connectivity index (χ4v) is 1.83. The van der Waals surface area contributed by atoms with Gasteiger partial charge in [-0.1, -0.05) is 18.5 Å². The smallest absolute Gasteiger partial charge is 0.306 e. The molecule has 1 aromatic rings. The van der Waals surface area contributed by atoms with Gasteiger partial charge in [0.1, 0.15) is 5.15 Å². The maximum absolute atomic E-state index is 11.6. The molecule has 0 aliphatic heterocycles. The van der Waals surface area contributed by atoms with Crippen molar-refractivity contribution in [1.29, 1.82) is 0 Å². The quantitative estimate of drug-likeness (QED) is 0.782. The Morgan fingerprint density at radius 1 is 1.55 bits per heavy atom. The standard InChI is InChI=1S/C13H18ClN3O3/c1-8(13(19)20)6-7-15-11(18)5-4-10-9(2)16-17(3)12(10)14/h4-5,8H,6-7H2,1-3H3,(H,15,18)(H,19,20)/b5-4+. The summed E-state index contributed by atoms with van der Waals surface area (Å²) in [6, 6.07) is 0. The van der Waals surface area contributed by atoms with Crippen molar-refractivity contribution in [1.82, 2.24) is 15.1 Å². The molecule has 20 heavy (non-hydrogen) atoms. The van der Waals surface area contributed by atoms with E-state index >= 15 is 0 Å². The lowest BCUT2D eigenvalue weighted by atomic mass is 10.1. The molecule has 0 aromatic carbocycles. The zero-order chi connectivity index (χ0) is 15.3. The van der Waals surface area contributed by atoms with E-state index < -0.39 is 11.9 Å². The maximum Gasteiger partial charge on any atom is 0.306 e. The molecule has 1 aromatic heterocycles. The van der Waals surface area contributed by atoms with Gasteiger partial charge in [0.25, 0.3) is 0 Å². The predicted octanol–water partition coefficient (Wildman–Crippen LogP) is 1.62. The summed E-state index contributed by atoms with van der Waals surface area (Å²) in [5.74, 6) is -1.64. The van der Waals surface area contributed by atoms with Crippen LogP contribution in [0.1, 0.15) is 24.6 Å². The highest BCUT2D eigenvalue weighted by Crippen LogP contribution is 2.19. The van der Waals surface area contributed by atoms with Gasteiger partial charge in [0.05, 0.1) is 11.6 Å². The minimum atomic E-state index is -0.868. The molecule has 1 amide bonds. The monoisotopic (exact) mass is 299 g/mol. The summed E-state index contributed by atoms with van der Waals surface area (Å²) in [7, 11) is 1.72. The molecule has 1 unspecified atom stereocenters. The molecule has 1 rings (SSSR count). The fourth-order valence-electron chi connectivity index (χ4n) is 1.59. The number of hydrogen-bond acceptors (Lipinski definition) is 3. The van der Waals surface area contributed by atoms with Crippen LogP contribution >= 0.6 is 11.6 Å². The molecule has 7 heteroatoms. The highest BCUT2D eigenvalue weighted by molar-refractivity contribution is 6.31. The van der Waals surface area contributed by atoms with Gasteiger partial charge in [-0.05, 0) is 19.4 Å². The average molecular weight is 300 g/mol. The number of aliphatic carboxylic acids is 1. The first-order chi connectivity index (χ1) is 9.32. The van der Waals surface area contributed by atoms with Crippen molar-refractivity contribution in [3.63, 3.8) is 0 Å². The molecule has 2 N–H and O–H groups in total. The summed E-state index contributed by atoms with van der Waals surface area (Å²) < 4.78 is 1.53. The molecule has 1 atom stereocenters. The second kappa shape index (κ2) is 7.09. The Hall–Kier alpha value is -1.82. The number of carboxylic acid groups (broad SMARTS) is 1. The van der Waals surface area contributed by atoms with Gasteiger partial charge in [-0.25, -0.2) is 0 Å². The molecular formula is C13H18ClN3O3. The fraction of sp³-hybridized carbons (Fsp3) is 0.462. The molecule has 0 bridgehead atoms. The molecule has 0 fully saturated rings. The average Bonchev–Trinajstić information content (AvgIpc) is 2.61. The van der Waals surface area contributed by atoms with E-state index in [0.717, 1.165) is 5.69 Å². The van der Waals surface area contributed by atoms with Crippen LogP contribution in [0.25, 0.3) is 6.08 Å². The molecule has 1 heterocycles. The van der Waals surface area contributed by atoms with Crippen molar-refractivity contribution in [2.24, 2.45) is 13.0 Å². The Bertz CT molecular complexity index is 537. The normalized spacial score (nSPS) is 12.6. The van der Waals surface area contributed by atoms with Gasteiger partial charge >= 0.3 is 5.97 Å². The highest BCUT2D eigenvalue weighted by Gasteiger charge is 2.11. The van der Waals surface area contributed by atoms with Crippen molar-refractivity contribution in [3.05, 3.63) is 22.5 Å². The summed E-state index contributed by atoms with van der Waals surface area (Å²) in [5.41, 5.74) is 1.43. The maximum atomic E-state index is 11.6. The number of halogens is 1. The van der Waals surface area contributed by atoms with E-state index in [0.29, 0.717) is 23.7 Å². The van der Waals surface area contributed by atoms with E-state index in [9.17, 15) is 9.59 Å². The number of rotatable bonds is 6. The van der Waals surface area contributed by atoms with Gasteiger partial charge in [-0.3, -0.25) is 14.3 Å². The molecular weight excluding hydrogens is 282 g/mol. The Kier molecular flexibility index (Phi) is 5.76. The van der Waals surface area contributed by atoms with Crippen molar-refractivity contribution in [2.75, 3.05) is 6.54 Å².